The predicted molar refractivity (Wildman–Crippen MR) is 112 cm³/mol. The Hall–Kier alpha value is -3.76. The third-order valence-corrected chi connectivity index (χ3v) is 5.89. The summed E-state index contributed by atoms with van der Waals surface area (Å²) < 4.78 is 42.1. The molecule has 2 bridgehead atoms. The number of fused-ring (bicyclic) bond motifs is 4. The van der Waals surface area contributed by atoms with E-state index in [2.05, 4.69) is 5.32 Å². The first-order valence-corrected chi connectivity index (χ1v) is 10.1. The second-order valence-electron chi connectivity index (χ2n) is 8.51. The van der Waals surface area contributed by atoms with Crippen molar-refractivity contribution in [3.05, 3.63) is 75.0 Å². The fraction of sp³-hybridized carbons (Fsp3) is 0.318. The molecule has 1 aromatic carbocycles. The highest BCUT2D eigenvalue weighted by Crippen LogP contribution is 2.30. The van der Waals surface area contributed by atoms with E-state index in [9.17, 15) is 32.7 Å². The topological polar surface area (TPSA) is 94.9 Å². The lowest BCUT2D eigenvalue weighted by Crippen LogP contribution is -2.61. The molecule has 4 rings (SSSR count). The van der Waals surface area contributed by atoms with Gasteiger partial charge in [-0.05, 0) is 20.8 Å². The van der Waals surface area contributed by atoms with Crippen LogP contribution in [0.15, 0.2) is 35.3 Å². The summed E-state index contributed by atoms with van der Waals surface area (Å²) in [5, 5.41) is 14.5. The van der Waals surface area contributed by atoms with E-state index in [1.807, 2.05) is 26.0 Å². The van der Waals surface area contributed by atoms with Crippen LogP contribution in [-0.2, 0) is 6.54 Å². The third-order valence-electron chi connectivity index (χ3n) is 5.89. The van der Waals surface area contributed by atoms with Crippen LogP contribution in [-0.4, -0.2) is 44.7 Å². The van der Waals surface area contributed by atoms with Crippen molar-refractivity contribution in [2.24, 2.45) is 0 Å². The first kappa shape index (κ1) is 22.4. The number of hydrogen-bond acceptors (Lipinski definition) is 5. The fourth-order valence-corrected chi connectivity index (χ4v) is 3.90. The molecule has 8 nitrogen and oxygen atoms in total. The predicted octanol–water partition coefficient (Wildman–Crippen LogP) is 1.99. The molecule has 0 aliphatic carbocycles. The quantitative estimate of drug-likeness (QED) is 0.681. The van der Waals surface area contributed by atoms with Gasteiger partial charge in [0.1, 0.15) is 29.7 Å². The zero-order valence-corrected chi connectivity index (χ0v) is 18.0. The lowest BCUT2D eigenvalue weighted by Gasteiger charge is -2.45. The zero-order valence-electron chi connectivity index (χ0n) is 18.0. The number of amides is 2. The van der Waals surface area contributed by atoms with Crippen molar-refractivity contribution in [3.8, 4) is 5.75 Å². The molecule has 0 saturated heterocycles. The van der Waals surface area contributed by atoms with Crippen LogP contribution in [0, 0.1) is 17.5 Å². The van der Waals surface area contributed by atoms with Gasteiger partial charge in [0.15, 0.2) is 11.4 Å². The SMILES string of the molecule is C[C@H]1C=CC(C)(C)N2CN1C(=O)c1c(O)c(=O)c(C(=O)NCc3c(F)cc(F)cc3F)cn12. The van der Waals surface area contributed by atoms with E-state index in [-0.39, 0.29) is 18.4 Å². The van der Waals surface area contributed by atoms with Crippen LogP contribution in [0.3, 0.4) is 0 Å². The second kappa shape index (κ2) is 7.68. The molecular formula is C22H21F3N4O4. The van der Waals surface area contributed by atoms with Gasteiger partial charge < -0.3 is 15.3 Å². The average Bonchev–Trinajstić information content (AvgIpc) is 2.83. The van der Waals surface area contributed by atoms with Crippen LogP contribution >= 0.6 is 0 Å². The van der Waals surface area contributed by atoms with Crippen molar-refractivity contribution < 1.29 is 27.9 Å². The van der Waals surface area contributed by atoms with Gasteiger partial charge in [0.2, 0.25) is 5.43 Å². The van der Waals surface area contributed by atoms with Gasteiger partial charge in [0, 0.05) is 36.5 Å². The fourth-order valence-electron chi connectivity index (χ4n) is 3.90. The number of nitrogens with one attached hydrogen (secondary N) is 1. The molecule has 2 aliphatic rings. The molecule has 0 unspecified atom stereocenters. The molecule has 33 heavy (non-hydrogen) atoms. The summed E-state index contributed by atoms with van der Waals surface area (Å²) in [5.41, 5.74) is -3.18. The Morgan fingerprint density at radius 1 is 1.21 bits per heavy atom. The number of aromatic hydroxyl groups is 1. The van der Waals surface area contributed by atoms with E-state index in [0.29, 0.717) is 12.1 Å². The normalized spacial score (nSPS) is 18.7. The maximum Gasteiger partial charge on any atom is 0.278 e. The van der Waals surface area contributed by atoms with Gasteiger partial charge in [-0.1, -0.05) is 12.2 Å². The van der Waals surface area contributed by atoms with Gasteiger partial charge in [-0.25, -0.2) is 13.2 Å². The monoisotopic (exact) mass is 462 g/mol. The smallest absolute Gasteiger partial charge is 0.278 e. The Morgan fingerprint density at radius 2 is 1.85 bits per heavy atom. The van der Waals surface area contributed by atoms with Crippen LogP contribution in [0.25, 0.3) is 0 Å². The first-order chi connectivity index (χ1) is 15.4. The minimum absolute atomic E-state index is 0.127. The van der Waals surface area contributed by atoms with Crippen molar-refractivity contribution in [1.29, 1.82) is 0 Å². The maximum atomic E-state index is 13.9. The average molecular weight is 462 g/mol. The Kier molecular flexibility index (Phi) is 5.22. The highest BCUT2D eigenvalue weighted by Gasteiger charge is 2.41. The second-order valence-corrected chi connectivity index (χ2v) is 8.51. The molecule has 0 spiro atoms. The van der Waals surface area contributed by atoms with Crippen LogP contribution < -0.4 is 15.8 Å². The Bertz CT molecular complexity index is 1250. The minimum atomic E-state index is -1.20. The van der Waals surface area contributed by atoms with E-state index in [0.717, 1.165) is 6.20 Å². The summed E-state index contributed by atoms with van der Waals surface area (Å²) in [7, 11) is 0. The van der Waals surface area contributed by atoms with Crippen molar-refractivity contribution in [2.75, 3.05) is 11.7 Å². The molecule has 2 amide bonds. The molecule has 0 fully saturated rings. The van der Waals surface area contributed by atoms with Gasteiger partial charge in [-0.15, -0.1) is 0 Å². The lowest BCUT2D eigenvalue weighted by molar-refractivity contribution is 0.0641. The van der Waals surface area contributed by atoms with Crippen LogP contribution in [0.4, 0.5) is 13.2 Å². The Balaban J connectivity index is 1.74. The zero-order chi connectivity index (χ0) is 24.2. The van der Waals surface area contributed by atoms with Gasteiger partial charge in [-0.3, -0.25) is 24.1 Å². The molecule has 2 aromatic rings. The largest absolute Gasteiger partial charge is 0.502 e. The van der Waals surface area contributed by atoms with Gasteiger partial charge >= 0.3 is 0 Å². The summed E-state index contributed by atoms with van der Waals surface area (Å²) in [6, 6.07) is 0.642. The minimum Gasteiger partial charge on any atom is -0.502 e. The van der Waals surface area contributed by atoms with E-state index in [4.69, 9.17) is 0 Å². The number of halogens is 3. The molecule has 2 N–H and O–H groups in total. The molecule has 3 heterocycles. The van der Waals surface area contributed by atoms with Crippen molar-refractivity contribution >= 4 is 11.8 Å². The number of pyridine rings is 1. The Labute approximate surface area is 186 Å². The van der Waals surface area contributed by atoms with E-state index in [1.165, 1.54) is 9.58 Å². The number of carbonyl (C=O) groups is 2. The van der Waals surface area contributed by atoms with E-state index in [1.54, 1.807) is 11.9 Å². The van der Waals surface area contributed by atoms with Crippen molar-refractivity contribution in [3.63, 3.8) is 0 Å². The summed E-state index contributed by atoms with van der Waals surface area (Å²) in [6.45, 7) is 4.97. The van der Waals surface area contributed by atoms with E-state index < -0.39 is 63.7 Å². The molecule has 1 aromatic heterocycles. The van der Waals surface area contributed by atoms with Gasteiger partial charge in [0.25, 0.3) is 11.8 Å². The molecule has 1 atom stereocenters. The van der Waals surface area contributed by atoms with Gasteiger partial charge in [-0.2, -0.15) is 0 Å². The van der Waals surface area contributed by atoms with Crippen LogP contribution in [0.2, 0.25) is 0 Å². The number of hydrogen-bond donors (Lipinski definition) is 2. The Morgan fingerprint density at radius 3 is 2.48 bits per heavy atom. The number of nitrogens with zero attached hydrogens (tertiary/aromatic N) is 3. The highest BCUT2D eigenvalue weighted by atomic mass is 19.1. The summed E-state index contributed by atoms with van der Waals surface area (Å²) in [5.74, 6) is -6.03. The first-order valence-electron chi connectivity index (χ1n) is 10.1. The lowest BCUT2D eigenvalue weighted by atomic mass is 10.0. The van der Waals surface area contributed by atoms with Crippen LogP contribution in [0.5, 0.6) is 5.75 Å². The summed E-state index contributed by atoms with van der Waals surface area (Å²) in [4.78, 5) is 39.9. The highest BCUT2D eigenvalue weighted by molar-refractivity contribution is 5.99. The number of carbonyl (C=O) groups excluding carboxylic acids is 2. The summed E-state index contributed by atoms with van der Waals surface area (Å²) >= 11 is 0. The van der Waals surface area contributed by atoms with E-state index >= 15 is 0 Å². The third kappa shape index (κ3) is 3.62. The van der Waals surface area contributed by atoms with Crippen molar-refractivity contribution in [1.82, 2.24) is 14.9 Å². The van der Waals surface area contributed by atoms with Gasteiger partial charge in [0.05, 0.1) is 5.54 Å². The number of rotatable bonds is 3. The molecule has 0 radical (unpaired) electrons. The number of aromatic nitrogens is 1. The van der Waals surface area contributed by atoms with Crippen molar-refractivity contribution in [2.45, 2.75) is 38.9 Å². The molecule has 2 aliphatic heterocycles. The molecule has 0 saturated carbocycles. The molecule has 174 valence electrons. The standard InChI is InChI=1S/C22H21F3N4O4/c1-11-4-5-22(2,3)29-10-27(11)21(33)17-19(31)18(30)14(9-28(17)29)20(32)26-8-13-15(24)6-12(23)7-16(13)25/h4-7,9,11,31H,8,10H2,1-3H3,(H,26,32)/t11-/m0/s1. The molecular weight excluding hydrogens is 441 g/mol. The maximum absolute atomic E-state index is 13.9. The summed E-state index contributed by atoms with van der Waals surface area (Å²) in [6.07, 6.45) is 4.82. The van der Waals surface area contributed by atoms with Crippen LogP contribution in [0.1, 0.15) is 47.2 Å². The number of benzene rings is 1. The molecule has 11 heteroatoms.